The van der Waals surface area contributed by atoms with Gasteiger partial charge in [0.15, 0.2) is 5.82 Å². The largest absolute Gasteiger partial charge is 0.507 e. The van der Waals surface area contributed by atoms with E-state index in [1.54, 1.807) is 18.2 Å². The summed E-state index contributed by atoms with van der Waals surface area (Å²) in [5, 5.41) is 14.4. The summed E-state index contributed by atoms with van der Waals surface area (Å²) in [6.07, 6.45) is 0.884. The fourth-order valence-corrected chi connectivity index (χ4v) is 2.75. The summed E-state index contributed by atoms with van der Waals surface area (Å²) in [6.45, 7) is 2.68. The molecular formula is C18H19BrN4O. The molecule has 24 heavy (non-hydrogen) atoms. The van der Waals surface area contributed by atoms with Crippen molar-refractivity contribution in [2.24, 2.45) is 5.73 Å². The first-order valence-electron chi connectivity index (χ1n) is 7.83. The highest BCUT2D eigenvalue weighted by atomic mass is 79.9. The number of rotatable bonds is 5. The molecule has 1 atom stereocenters. The van der Waals surface area contributed by atoms with Gasteiger partial charge in [-0.15, -0.1) is 0 Å². The Balaban J connectivity index is 2.11. The lowest BCUT2D eigenvalue weighted by Gasteiger charge is -2.14. The second-order valence-electron chi connectivity index (χ2n) is 5.62. The van der Waals surface area contributed by atoms with Crippen molar-refractivity contribution in [1.29, 1.82) is 0 Å². The number of aromatic hydroxyl groups is 1. The number of phenols is 1. The third kappa shape index (κ3) is 3.49. The van der Waals surface area contributed by atoms with Gasteiger partial charge in [-0.2, -0.15) is 0 Å². The average molecular weight is 387 g/mol. The minimum atomic E-state index is 0.0569. The molecule has 0 aliphatic heterocycles. The number of aromatic nitrogens is 2. The average Bonchev–Trinajstić information content (AvgIpc) is 2.61. The van der Waals surface area contributed by atoms with E-state index in [9.17, 15) is 5.11 Å². The number of phenolic OH excluding ortho intramolecular Hbond substituents is 1. The number of halogens is 1. The molecule has 124 valence electrons. The zero-order chi connectivity index (χ0) is 17.1. The Morgan fingerprint density at radius 1 is 1.21 bits per heavy atom. The summed E-state index contributed by atoms with van der Waals surface area (Å²) in [5.41, 5.74) is 7.40. The van der Waals surface area contributed by atoms with Gasteiger partial charge >= 0.3 is 0 Å². The first kappa shape index (κ1) is 16.7. The third-order valence-electron chi connectivity index (χ3n) is 3.86. The molecule has 2 aromatic carbocycles. The molecule has 0 spiro atoms. The molecule has 0 fully saturated rings. The van der Waals surface area contributed by atoms with Crippen LogP contribution in [0.15, 0.2) is 46.9 Å². The van der Waals surface area contributed by atoms with Crippen LogP contribution in [-0.2, 0) is 0 Å². The van der Waals surface area contributed by atoms with Gasteiger partial charge in [-0.3, -0.25) is 0 Å². The van der Waals surface area contributed by atoms with Crippen LogP contribution in [0, 0.1) is 0 Å². The number of anilines is 1. The Kier molecular flexibility index (Phi) is 4.97. The monoisotopic (exact) mass is 386 g/mol. The Morgan fingerprint density at radius 3 is 2.79 bits per heavy atom. The molecule has 3 rings (SSSR count). The highest BCUT2D eigenvalue weighted by molar-refractivity contribution is 9.10. The molecule has 0 unspecified atom stereocenters. The molecule has 0 saturated heterocycles. The van der Waals surface area contributed by atoms with Gasteiger partial charge in [-0.05, 0) is 36.8 Å². The van der Waals surface area contributed by atoms with E-state index in [0.29, 0.717) is 17.9 Å². The van der Waals surface area contributed by atoms with E-state index in [1.807, 2.05) is 24.3 Å². The summed E-state index contributed by atoms with van der Waals surface area (Å²) >= 11 is 3.42. The van der Waals surface area contributed by atoms with Gasteiger partial charge in [0.1, 0.15) is 11.6 Å². The first-order valence-corrected chi connectivity index (χ1v) is 8.63. The van der Waals surface area contributed by atoms with E-state index in [-0.39, 0.29) is 11.8 Å². The number of nitrogens with one attached hydrogen (secondary N) is 1. The predicted octanol–water partition coefficient (Wildman–Crippen LogP) is 3.91. The van der Waals surface area contributed by atoms with Crippen LogP contribution in [-0.4, -0.2) is 27.7 Å². The van der Waals surface area contributed by atoms with Crippen LogP contribution in [0.1, 0.15) is 13.3 Å². The molecule has 0 aliphatic carbocycles. The van der Waals surface area contributed by atoms with Gasteiger partial charge < -0.3 is 16.2 Å². The molecule has 0 bridgehead atoms. The highest BCUT2D eigenvalue weighted by Gasteiger charge is 2.13. The number of nitrogens with two attached hydrogens (primary N) is 1. The SMILES string of the molecule is CC[C@@H](N)CNc1nc(-c2cc(Br)ccc2O)nc2ccccc12. The van der Waals surface area contributed by atoms with Crippen LogP contribution in [0.3, 0.4) is 0 Å². The fourth-order valence-electron chi connectivity index (χ4n) is 2.39. The molecule has 0 saturated carbocycles. The first-order chi connectivity index (χ1) is 11.6. The van der Waals surface area contributed by atoms with Crippen molar-refractivity contribution in [2.45, 2.75) is 19.4 Å². The van der Waals surface area contributed by atoms with Crippen LogP contribution in [0.4, 0.5) is 5.82 Å². The standard InChI is InChI=1S/C18H19BrN4O/c1-2-12(20)10-21-17-13-5-3-4-6-15(13)22-18(23-17)14-9-11(19)7-8-16(14)24/h3-9,12,24H,2,10,20H2,1H3,(H,21,22,23)/t12-/m1/s1. The molecule has 6 heteroatoms. The molecular weight excluding hydrogens is 368 g/mol. The zero-order valence-electron chi connectivity index (χ0n) is 13.3. The number of fused-ring (bicyclic) bond motifs is 1. The van der Waals surface area contributed by atoms with Crippen molar-refractivity contribution in [3.8, 4) is 17.1 Å². The summed E-state index contributed by atoms with van der Waals surface area (Å²) < 4.78 is 0.856. The Bertz CT molecular complexity index is 869. The Hall–Kier alpha value is -2.18. The minimum absolute atomic E-state index is 0.0569. The quantitative estimate of drug-likeness (QED) is 0.618. The maximum Gasteiger partial charge on any atom is 0.165 e. The van der Waals surface area contributed by atoms with E-state index in [2.05, 4.69) is 38.1 Å². The number of hydrogen-bond donors (Lipinski definition) is 3. The normalized spacial score (nSPS) is 12.3. The lowest BCUT2D eigenvalue weighted by molar-refractivity contribution is 0.477. The number of hydrogen-bond acceptors (Lipinski definition) is 5. The van der Waals surface area contributed by atoms with E-state index < -0.39 is 0 Å². The van der Waals surface area contributed by atoms with E-state index in [0.717, 1.165) is 27.6 Å². The summed E-state index contributed by atoms with van der Waals surface area (Å²) in [6, 6.07) is 13.0. The number of benzene rings is 2. The van der Waals surface area contributed by atoms with Crippen molar-refractivity contribution >= 4 is 32.7 Å². The van der Waals surface area contributed by atoms with Crippen molar-refractivity contribution in [2.75, 3.05) is 11.9 Å². The minimum Gasteiger partial charge on any atom is -0.507 e. The molecule has 0 amide bonds. The maximum atomic E-state index is 10.2. The van der Waals surface area contributed by atoms with Crippen LogP contribution in [0.2, 0.25) is 0 Å². The van der Waals surface area contributed by atoms with Crippen molar-refractivity contribution in [3.05, 3.63) is 46.9 Å². The van der Waals surface area contributed by atoms with Crippen LogP contribution in [0.25, 0.3) is 22.3 Å². The third-order valence-corrected chi connectivity index (χ3v) is 4.35. The lowest BCUT2D eigenvalue weighted by Crippen LogP contribution is -2.28. The highest BCUT2D eigenvalue weighted by Crippen LogP contribution is 2.32. The Labute approximate surface area is 149 Å². The number of para-hydroxylation sites is 1. The van der Waals surface area contributed by atoms with Crippen molar-refractivity contribution in [1.82, 2.24) is 9.97 Å². The smallest absolute Gasteiger partial charge is 0.165 e. The summed E-state index contributed by atoms with van der Waals surface area (Å²) in [5.74, 6) is 1.34. The van der Waals surface area contributed by atoms with Gasteiger partial charge in [-0.1, -0.05) is 35.0 Å². The Morgan fingerprint density at radius 2 is 2.00 bits per heavy atom. The second-order valence-corrected chi connectivity index (χ2v) is 6.54. The molecule has 4 N–H and O–H groups in total. The van der Waals surface area contributed by atoms with Crippen molar-refractivity contribution in [3.63, 3.8) is 0 Å². The number of nitrogens with zero attached hydrogens (tertiary/aromatic N) is 2. The van der Waals surface area contributed by atoms with Crippen molar-refractivity contribution < 1.29 is 5.11 Å². The molecule has 5 nitrogen and oxygen atoms in total. The van der Waals surface area contributed by atoms with Gasteiger partial charge in [0.25, 0.3) is 0 Å². The van der Waals surface area contributed by atoms with Gasteiger partial charge in [0, 0.05) is 22.4 Å². The van der Waals surface area contributed by atoms with Gasteiger partial charge in [0.05, 0.1) is 11.1 Å². The molecule has 1 heterocycles. The molecule has 1 aromatic heterocycles. The van der Waals surface area contributed by atoms with E-state index in [1.165, 1.54) is 0 Å². The predicted molar refractivity (Wildman–Crippen MR) is 101 cm³/mol. The van der Waals surface area contributed by atoms with Gasteiger partial charge in [-0.25, -0.2) is 9.97 Å². The van der Waals surface area contributed by atoms with E-state index in [4.69, 9.17) is 5.73 Å². The molecule has 3 aromatic rings. The second kappa shape index (κ2) is 7.15. The van der Waals surface area contributed by atoms with Crippen LogP contribution >= 0.6 is 15.9 Å². The molecule has 0 radical (unpaired) electrons. The maximum absolute atomic E-state index is 10.2. The molecule has 0 aliphatic rings. The summed E-state index contributed by atoms with van der Waals surface area (Å²) in [7, 11) is 0. The lowest BCUT2D eigenvalue weighted by atomic mass is 10.1. The zero-order valence-corrected chi connectivity index (χ0v) is 14.9. The van der Waals surface area contributed by atoms with Gasteiger partial charge in [0.2, 0.25) is 0 Å². The van der Waals surface area contributed by atoms with Crippen LogP contribution < -0.4 is 11.1 Å². The van der Waals surface area contributed by atoms with Crippen LogP contribution in [0.5, 0.6) is 5.75 Å². The van der Waals surface area contributed by atoms with E-state index >= 15 is 0 Å². The summed E-state index contributed by atoms with van der Waals surface area (Å²) in [4.78, 5) is 9.21. The fraction of sp³-hybridized carbons (Fsp3) is 0.222. The topological polar surface area (TPSA) is 84.1 Å².